The first kappa shape index (κ1) is 24.8. The zero-order valence-electron chi connectivity index (χ0n) is 20.4. The van der Waals surface area contributed by atoms with Crippen molar-refractivity contribution in [3.63, 3.8) is 0 Å². The van der Waals surface area contributed by atoms with E-state index in [0.29, 0.717) is 37.3 Å². The standard InChI is InChI=1S/C23H37N7O3/c1-6-30(15-17(32-5)14-25-22(31)33-23(2,3)4)21-24-12-11-19(27-21)26-20-13-18(28-29-20)16-9-7-8-10-16/h11-13,16-17H,6-10,14-15H2,1-5H3,(H,25,31)(H2,24,26,27,28,29)/t17-/m1/s1. The number of ether oxygens (including phenoxy) is 2. The van der Waals surface area contributed by atoms with Crippen molar-refractivity contribution < 1.29 is 14.3 Å². The van der Waals surface area contributed by atoms with Gasteiger partial charge < -0.3 is 25.0 Å². The first-order valence-electron chi connectivity index (χ1n) is 11.7. The molecule has 0 spiro atoms. The van der Waals surface area contributed by atoms with Crippen LogP contribution in [0.2, 0.25) is 0 Å². The average molecular weight is 460 g/mol. The van der Waals surface area contributed by atoms with E-state index in [4.69, 9.17) is 9.47 Å². The Kier molecular flexibility index (Phi) is 8.49. The number of hydrogen-bond donors (Lipinski definition) is 3. The minimum absolute atomic E-state index is 0.252. The Bertz CT molecular complexity index is 890. The number of alkyl carbamates (subject to hydrolysis) is 1. The Labute approximate surface area is 195 Å². The van der Waals surface area contributed by atoms with Gasteiger partial charge in [0.1, 0.15) is 11.4 Å². The summed E-state index contributed by atoms with van der Waals surface area (Å²) in [6.45, 7) is 9.03. The predicted octanol–water partition coefficient (Wildman–Crippen LogP) is 3.97. The van der Waals surface area contributed by atoms with Gasteiger partial charge in [-0.05, 0) is 46.6 Å². The Morgan fingerprint density at radius 1 is 1.30 bits per heavy atom. The number of carbonyl (C=O) groups is 1. The average Bonchev–Trinajstić information content (AvgIpc) is 3.45. The van der Waals surface area contributed by atoms with Crippen LogP contribution in [0.25, 0.3) is 0 Å². The van der Waals surface area contributed by atoms with E-state index < -0.39 is 11.7 Å². The van der Waals surface area contributed by atoms with Crippen molar-refractivity contribution >= 4 is 23.7 Å². The molecular weight excluding hydrogens is 422 g/mol. The van der Waals surface area contributed by atoms with E-state index in [1.807, 2.05) is 38.7 Å². The Morgan fingerprint density at radius 3 is 2.73 bits per heavy atom. The van der Waals surface area contributed by atoms with Crippen LogP contribution in [0.3, 0.4) is 0 Å². The van der Waals surface area contributed by atoms with Gasteiger partial charge in [0.15, 0.2) is 5.82 Å². The number of nitrogens with one attached hydrogen (secondary N) is 3. The van der Waals surface area contributed by atoms with Gasteiger partial charge in [0.2, 0.25) is 5.95 Å². The van der Waals surface area contributed by atoms with E-state index in [-0.39, 0.29) is 6.10 Å². The summed E-state index contributed by atoms with van der Waals surface area (Å²) in [7, 11) is 1.62. The quantitative estimate of drug-likeness (QED) is 0.489. The van der Waals surface area contributed by atoms with Crippen molar-refractivity contribution in [3.8, 4) is 0 Å². The molecule has 3 rings (SSSR count). The smallest absolute Gasteiger partial charge is 0.407 e. The van der Waals surface area contributed by atoms with E-state index in [9.17, 15) is 4.79 Å². The van der Waals surface area contributed by atoms with E-state index in [2.05, 4.69) is 36.9 Å². The van der Waals surface area contributed by atoms with Crippen molar-refractivity contribution in [3.05, 3.63) is 24.0 Å². The van der Waals surface area contributed by atoms with E-state index in [1.54, 1.807) is 13.3 Å². The summed E-state index contributed by atoms with van der Waals surface area (Å²) in [4.78, 5) is 23.1. The fourth-order valence-corrected chi connectivity index (χ4v) is 3.88. The van der Waals surface area contributed by atoms with E-state index in [0.717, 1.165) is 5.82 Å². The molecular formula is C23H37N7O3. The Morgan fingerprint density at radius 2 is 2.06 bits per heavy atom. The van der Waals surface area contributed by atoms with Crippen LogP contribution in [0, 0.1) is 0 Å². The van der Waals surface area contributed by atoms with Gasteiger partial charge in [-0.15, -0.1) is 0 Å². The fraction of sp³-hybridized carbons (Fsp3) is 0.652. The molecule has 0 unspecified atom stereocenters. The highest BCUT2D eigenvalue weighted by Crippen LogP contribution is 2.34. The van der Waals surface area contributed by atoms with Gasteiger partial charge in [-0.3, -0.25) is 5.10 Å². The molecule has 10 heteroatoms. The molecule has 33 heavy (non-hydrogen) atoms. The van der Waals surface area contributed by atoms with Gasteiger partial charge in [-0.25, -0.2) is 9.78 Å². The van der Waals surface area contributed by atoms with Crippen LogP contribution in [0.5, 0.6) is 0 Å². The largest absolute Gasteiger partial charge is 0.444 e. The van der Waals surface area contributed by atoms with Gasteiger partial charge in [-0.1, -0.05) is 12.8 Å². The zero-order valence-corrected chi connectivity index (χ0v) is 20.4. The molecule has 2 heterocycles. The van der Waals surface area contributed by atoms with Gasteiger partial charge in [0.25, 0.3) is 0 Å². The van der Waals surface area contributed by atoms with Crippen LogP contribution < -0.4 is 15.5 Å². The van der Waals surface area contributed by atoms with Crippen LogP contribution in [0.15, 0.2) is 18.3 Å². The molecule has 0 aromatic carbocycles. The molecule has 2 aromatic rings. The second kappa shape index (κ2) is 11.3. The maximum atomic E-state index is 12.0. The molecule has 0 saturated heterocycles. The molecule has 10 nitrogen and oxygen atoms in total. The zero-order chi connectivity index (χ0) is 23.8. The molecule has 1 aliphatic carbocycles. The topological polar surface area (TPSA) is 117 Å². The molecule has 3 N–H and O–H groups in total. The molecule has 1 atom stereocenters. The Balaban J connectivity index is 1.59. The highest BCUT2D eigenvalue weighted by molar-refractivity contribution is 5.67. The number of aromatic nitrogens is 4. The molecule has 182 valence electrons. The molecule has 0 bridgehead atoms. The van der Waals surface area contributed by atoms with Gasteiger partial charge in [0, 0.05) is 50.6 Å². The van der Waals surface area contributed by atoms with E-state index in [1.165, 1.54) is 31.4 Å². The van der Waals surface area contributed by atoms with Crippen molar-refractivity contribution in [2.24, 2.45) is 0 Å². The lowest BCUT2D eigenvalue weighted by Gasteiger charge is -2.27. The Hall–Kier alpha value is -2.88. The number of likely N-dealkylation sites (N-methyl/N-ethyl adjacent to an activating group) is 1. The molecule has 0 radical (unpaired) electrons. The number of carbonyl (C=O) groups excluding carboxylic acids is 1. The number of amides is 1. The summed E-state index contributed by atoms with van der Waals surface area (Å²) in [5, 5.41) is 13.6. The van der Waals surface area contributed by atoms with Crippen molar-refractivity contribution in [2.75, 3.05) is 37.0 Å². The van der Waals surface area contributed by atoms with Crippen molar-refractivity contribution in [1.29, 1.82) is 0 Å². The van der Waals surface area contributed by atoms with Crippen molar-refractivity contribution in [1.82, 2.24) is 25.5 Å². The maximum Gasteiger partial charge on any atom is 0.407 e. The summed E-state index contributed by atoms with van der Waals surface area (Å²) >= 11 is 0. The monoisotopic (exact) mass is 459 g/mol. The number of anilines is 3. The lowest BCUT2D eigenvalue weighted by molar-refractivity contribution is 0.0463. The molecule has 1 amide bonds. The van der Waals surface area contributed by atoms with Gasteiger partial charge >= 0.3 is 6.09 Å². The van der Waals surface area contributed by atoms with Gasteiger partial charge in [-0.2, -0.15) is 10.1 Å². The molecule has 1 fully saturated rings. The summed E-state index contributed by atoms with van der Waals surface area (Å²) in [6.07, 6.45) is 6.00. The number of rotatable bonds is 10. The first-order valence-corrected chi connectivity index (χ1v) is 11.7. The number of aromatic amines is 1. The summed E-state index contributed by atoms with van der Waals surface area (Å²) < 4.78 is 10.9. The number of nitrogens with zero attached hydrogens (tertiary/aromatic N) is 4. The maximum absolute atomic E-state index is 12.0. The number of methoxy groups -OCH3 is 1. The lowest BCUT2D eigenvalue weighted by Crippen LogP contribution is -2.43. The lowest BCUT2D eigenvalue weighted by atomic mass is 10.0. The third-order valence-corrected chi connectivity index (χ3v) is 5.59. The highest BCUT2D eigenvalue weighted by Gasteiger charge is 2.21. The third kappa shape index (κ3) is 7.59. The predicted molar refractivity (Wildman–Crippen MR) is 128 cm³/mol. The number of H-pyrrole nitrogens is 1. The van der Waals surface area contributed by atoms with Crippen LogP contribution in [0.4, 0.5) is 22.4 Å². The van der Waals surface area contributed by atoms with Crippen molar-refractivity contribution in [2.45, 2.75) is 71.0 Å². The first-order chi connectivity index (χ1) is 15.8. The molecule has 2 aromatic heterocycles. The fourth-order valence-electron chi connectivity index (χ4n) is 3.88. The molecule has 1 aliphatic rings. The van der Waals surface area contributed by atoms with Crippen LogP contribution in [-0.4, -0.2) is 64.7 Å². The van der Waals surface area contributed by atoms with Gasteiger partial charge in [0.05, 0.1) is 6.10 Å². The summed E-state index contributed by atoms with van der Waals surface area (Å²) in [6, 6.07) is 3.89. The second-order valence-corrected chi connectivity index (χ2v) is 9.34. The minimum atomic E-state index is -0.546. The second-order valence-electron chi connectivity index (χ2n) is 9.34. The number of hydrogen-bond acceptors (Lipinski definition) is 8. The van der Waals surface area contributed by atoms with Crippen LogP contribution >= 0.6 is 0 Å². The highest BCUT2D eigenvalue weighted by atomic mass is 16.6. The normalized spacial score (nSPS) is 15.3. The molecule has 0 aliphatic heterocycles. The SMILES string of the molecule is CCN(C[C@@H](CNC(=O)OC(C)(C)C)OC)c1nccc(Nc2cc(C3CCCC3)[nH]n2)n1. The summed E-state index contributed by atoms with van der Waals surface area (Å²) in [5.74, 6) is 2.57. The van der Waals surface area contributed by atoms with Crippen LogP contribution in [-0.2, 0) is 9.47 Å². The molecule has 1 saturated carbocycles. The minimum Gasteiger partial charge on any atom is -0.444 e. The van der Waals surface area contributed by atoms with Crippen LogP contribution in [0.1, 0.15) is 65.0 Å². The third-order valence-electron chi connectivity index (χ3n) is 5.59. The summed E-state index contributed by atoms with van der Waals surface area (Å²) in [5.41, 5.74) is 0.634. The van der Waals surface area contributed by atoms with E-state index >= 15 is 0 Å².